The van der Waals surface area contributed by atoms with Gasteiger partial charge in [0.25, 0.3) is 6.01 Å². The van der Waals surface area contributed by atoms with Gasteiger partial charge in [0.2, 0.25) is 0 Å². The summed E-state index contributed by atoms with van der Waals surface area (Å²) in [6.45, 7) is 1.82. The summed E-state index contributed by atoms with van der Waals surface area (Å²) >= 11 is 0. The standard InChI is InChI=1S/C14H12FN3O/c1-8-4-9(15)6-11(5-8)17-14-18-12-7-10(16)2-3-13(12)19-14/h2-7H,16H2,1H3,(H,17,18). The maximum atomic E-state index is 13.3. The Hall–Kier alpha value is -2.56. The van der Waals surface area contributed by atoms with E-state index in [4.69, 9.17) is 10.2 Å². The Morgan fingerprint density at radius 2 is 2.05 bits per heavy atom. The second kappa shape index (κ2) is 4.28. The SMILES string of the molecule is Cc1cc(F)cc(Nc2nc3cc(N)ccc3o2)c1. The molecule has 5 heteroatoms. The van der Waals surface area contributed by atoms with Crippen LogP contribution in [0, 0.1) is 12.7 Å². The van der Waals surface area contributed by atoms with Crippen LogP contribution in [0.4, 0.5) is 21.8 Å². The minimum atomic E-state index is -0.303. The van der Waals surface area contributed by atoms with Crippen molar-refractivity contribution in [3.05, 3.63) is 47.8 Å². The monoisotopic (exact) mass is 257 g/mol. The first kappa shape index (κ1) is 11.5. The number of oxazole rings is 1. The van der Waals surface area contributed by atoms with Crippen molar-refractivity contribution in [3.63, 3.8) is 0 Å². The number of aryl methyl sites for hydroxylation is 1. The zero-order valence-electron chi connectivity index (χ0n) is 10.3. The number of anilines is 3. The van der Waals surface area contributed by atoms with Gasteiger partial charge < -0.3 is 15.5 Å². The van der Waals surface area contributed by atoms with Gasteiger partial charge in [-0.15, -0.1) is 0 Å². The van der Waals surface area contributed by atoms with Gasteiger partial charge in [0.1, 0.15) is 11.3 Å². The van der Waals surface area contributed by atoms with Crippen LogP contribution in [-0.4, -0.2) is 4.98 Å². The van der Waals surface area contributed by atoms with E-state index in [1.807, 2.05) is 13.0 Å². The third-order valence-electron chi connectivity index (χ3n) is 2.71. The highest BCUT2D eigenvalue weighted by Gasteiger charge is 2.07. The lowest BCUT2D eigenvalue weighted by atomic mass is 10.2. The van der Waals surface area contributed by atoms with E-state index in [-0.39, 0.29) is 5.82 Å². The molecule has 0 bridgehead atoms. The number of nitrogens with two attached hydrogens (primary N) is 1. The molecule has 1 aromatic heterocycles. The number of nitrogen functional groups attached to an aromatic ring is 1. The van der Waals surface area contributed by atoms with Crippen LogP contribution in [0.2, 0.25) is 0 Å². The van der Waals surface area contributed by atoms with E-state index in [0.29, 0.717) is 28.5 Å². The summed E-state index contributed by atoms with van der Waals surface area (Å²) in [7, 11) is 0. The van der Waals surface area contributed by atoms with Crippen molar-refractivity contribution in [3.8, 4) is 0 Å². The maximum Gasteiger partial charge on any atom is 0.300 e. The molecule has 4 nitrogen and oxygen atoms in total. The quantitative estimate of drug-likeness (QED) is 0.688. The van der Waals surface area contributed by atoms with Gasteiger partial charge in [-0.3, -0.25) is 0 Å². The molecule has 0 aliphatic heterocycles. The van der Waals surface area contributed by atoms with Crippen LogP contribution >= 0.6 is 0 Å². The first-order valence-corrected chi connectivity index (χ1v) is 5.80. The number of nitrogens with zero attached hydrogens (tertiary/aromatic N) is 1. The molecule has 3 N–H and O–H groups in total. The van der Waals surface area contributed by atoms with Crippen LogP contribution < -0.4 is 11.1 Å². The Bertz CT molecular complexity index is 731. The van der Waals surface area contributed by atoms with Crippen molar-refractivity contribution in [2.45, 2.75) is 6.92 Å². The van der Waals surface area contributed by atoms with Crippen molar-refractivity contribution in [1.29, 1.82) is 0 Å². The predicted octanol–water partition coefficient (Wildman–Crippen LogP) is 3.60. The molecule has 0 aliphatic carbocycles. The lowest BCUT2D eigenvalue weighted by Crippen LogP contribution is -1.92. The summed E-state index contributed by atoms with van der Waals surface area (Å²) in [4.78, 5) is 4.25. The second-order valence-electron chi connectivity index (χ2n) is 4.39. The van der Waals surface area contributed by atoms with Crippen LogP contribution in [0.15, 0.2) is 40.8 Å². The largest absolute Gasteiger partial charge is 0.423 e. The van der Waals surface area contributed by atoms with Crippen molar-refractivity contribution >= 4 is 28.5 Å². The van der Waals surface area contributed by atoms with Crippen molar-refractivity contribution < 1.29 is 8.81 Å². The molecule has 3 aromatic rings. The number of aromatic nitrogens is 1. The average Bonchev–Trinajstić information content (AvgIpc) is 2.68. The Morgan fingerprint density at radius 3 is 2.84 bits per heavy atom. The van der Waals surface area contributed by atoms with Gasteiger partial charge in [-0.05, 0) is 48.9 Å². The maximum absolute atomic E-state index is 13.3. The highest BCUT2D eigenvalue weighted by atomic mass is 19.1. The van der Waals surface area contributed by atoms with Gasteiger partial charge in [-0.2, -0.15) is 4.98 Å². The second-order valence-corrected chi connectivity index (χ2v) is 4.39. The fourth-order valence-corrected chi connectivity index (χ4v) is 1.93. The van der Waals surface area contributed by atoms with Gasteiger partial charge in [0.05, 0.1) is 0 Å². The summed E-state index contributed by atoms with van der Waals surface area (Å²) in [6.07, 6.45) is 0. The van der Waals surface area contributed by atoms with Crippen molar-refractivity contribution in [1.82, 2.24) is 4.98 Å². The van der Waals surface area contributed by atoms with Crippen LogP contribution in [0.25, 0.3) is 11.1 Å². The molecule has 0 aliphatic rings. The number of nitrogens with one attached hydrogen (secondary N) is 1. The molecule has 1 heterocycles. The number of rotatable bonds is 2. The van der Waals surface area contributed by atoms with E-state index >= 15 is 0 Å². The molecule has 0 unspecified atom stereocenters. The summed E-state index contributed by atoms with van der Waals surface area (Å²) in [5.74, 6) is -0.303. The van der Waals surface area contributed by atoms with Gasteiger partial charge in [0.15, 0.2) is 5.58 Å². The average molecular weight is 257 g/mol. The minimum absolute atomic E-state index is 0.303. The van der Waals surface area contributed by atoms with Crippen molar-refractivity contribution in [2.24, 2.45) is 0 Å². The lowest BCUT2D eigenvalue weighted by Gasteiger charge is -2.02. The first-order chi connectivity index (χ1) is 9.10. The summed E-state index contributed by atoms with van der Waals surface area (Å²) in [5.41, 5.74) is 9.00. The van der Waals surface area contributed by atoms with E-state index in [1.165, 1.54) is 12.1 Å². The molecular formula is C14H12FN3O. The lowest BCUT2D eigenvalue weighted by molar-refractivity contribution is 0.619. The smallest absolute Gasteiger partial charge is 0.300 e. The van der Waals surface area contributed by atoms with Gasteiger partial charge >= 0.3 is 0 Å². The zero-order valence-corrected chi connectivity index (χ0v) is 10.3. The minimum Gasteiger partial charge on any atom is -0.423 e. The van der Waals surface area contributed by atoms with Crippen LogP contribution in [0.3, 0.4) is 0 Å². The Labute approximate surface area is 109 Å². The van der Waals surface area contributed by atoms with Crippen LogP contribution in [0.1, 0.15) is 5.56 Å². The highest BCUT2D eigenvalue weighted by Crippen LogP contribution is 2.24. The summed E-state index contributed by atoms with van der Waals surface area (Å²) < 4.78 is 18.8. The van der Waals surface area contributed by atoms with Crippen molar-refractivity contribution in [2.75, 3.05) is 11.1 Å². The van der Waals surface area contributed by atoms with Crippen LogP contribution in [-0.2, 0) is 0 Å². The molecule has 19 heavy (non-hydrogen) atoms. The molecule has 0 spiro atoms. The third-order valence-corrected chi connectivity index (χ3v) is 2.71. The van der Waals surface area contributed by atoms with Gasteiger partial charge in [-0.25, -0.2) is 4.39 Å². The zero-order chi connectivity index (χ0) is 13.4. The normalized spacial score (nSPS) is 10.8. The molecule has 0 radical (unpaired) electrons. The number of hydrogen-bond acceptors (Lipinski definition) is 4. The topological polar surface area (TPSA) is 64.1 Å². The molecule has 0 atom stereocenters. The molecule has 96 valence electrons. The first-order valence-electron chi connectivity index (χ1n) is 5.80. The van der Waals surface area contributed by atoms with Gasteiger partial charge in [0, 0.05) is 11.4 Å². The van der Waals surface area contributed by atoms with E-state index in [2.05, 4.69) is 10.3 Å². The molecule has 3 rings (SSSR count). The van der Waals surface area contributed by atoms with E-state index in [1.54, 1.807) is 18.2 Å². The number of fused-ring (bicyclic) bond motifs is 1. The molecule has 0 saturated heterocycles. The van der Waals surface area contributed by atoms with E-state index in [9.17, 15) is 4.39 Å². The van der Waals surface area contributed by atoms with E-state index in [0.717, 1.165) is 5.56 Å². The molecule has 0 fully saturated rings. The third kappa shape index (κ3) is 2.35. The van der Waals surface area contributed by atoms with Gasteiger partial charge in [-0.1, -0.05) is 0 Å². The Morgan fingerprint density at radius 1 is 1.21 bits per heavy atom. The fraction of sp³-hybridized carbons (Fsp3) is 0.0714. The molecular weight excluding hydrogens is 245 g/mol. The number of benzene rings is 2. The fourth-order valence-electron chi connectivity index (χ4n) is 1.93. The van der Waals surface area contributed by atoms with Crippen LogP contribution in [0.5, 0.6) is 0 Å². The summed E-state index contributed by atoms with van der Waals surface area (Å²) in [5, 5.41) is 2.94. The Balaban J connectivity index is 1.96. The predicted molar refractivity (Wildman–Crippen MR) is 72.8 cm³/mol. The molecule has 0 amide bonds. The number of halogens is 1. The molecule has 2 aromatic carbocycles. The Kier molecular flexibility index (Phi) is 2.59. The number of hydrogen-bond donors (Lipinski definition) is 2. The van der Waals surface area contributed by atoms with E-state index < -0.39 is 0 Å². The highest BCUT2D eigenvalue weighted by molar-refractivity contribution is 5.78. The summed E-state index contributed by atoms with van der Waals surface area (Å²) in [6, 6.07) is 10.2. The molecule has 0 saturated carbocycles.